The van der Waals surface area contributed by atoms with Crippen molar-refractivity contribution in [3.63, 3.8) is 0 Å². The lowest BCUT2D eigenvalue weighted by atomic mass is 9.95. The first-order valence-corrected chi connectivity index (χ1v) is 5.01. The fourth-order valence-corrected chi connectivity index (χ4v) is 1.50. The van der Waals surface area contributed by atoms with Crippen molar-refractivity contribution >= 4 is 5.97 Å². The maximum absolute atomic E-state index is 10.9. The van der Waals surface area contributed by atoms with Gasteiger partial charge in [0.1, 0.15) is 0 Å². The average Bonchev–Trinajstić information content (AvgIpc) is 2.14. The van der Waals surface area contributed by atoms with E-state index < -0.39 is 0 Å². The van der Waals surface area contributed by atoms with E-state index in [1.54, 1.807) is 0 Å². The van der Waals surface area contributed by atoms with Crippen LogP contribution in [-0.2, 0) is 9.53 Å². The van der Waals surface area contributed by atoms with Gasteiger partial charge in [0.2, 0.25) is 0 Å². The van der Waals surface area contributed by atoms with Crippen LogP contribution < -0.4 is 5.73 Å². The second-order valence-corrected chi connectivity index (χ2v) is 3.35. The van der Waals surface area contributed by atoms with E-state index in [2.05, 4.69) is 11.7 Å². The standard InChI is InChI=1S/C10H21NO2/c1-3-4-9(7-8-11)5-6-10(12)13-2/h9H,3-8,11H2,1-2H3. The molecule has 0 spiro atoms. The van der Waals surface area contributed by atoms with Crippen LogP contribution in [0.4, 0.5) is 0 Å². The molecule has 13 heavy (non-hydrogen) atoms. The summed E-state index contributed by atoms with van der Waals surface area (Å²) in [6, 6.07) is 0. The van der Waals surface area contributed by atoms with Gasteiger partial charge >= 0.3 is 5.97 Å². The highest BCUT2D eigenvalue weighted by molar-refractivity contribution is 5.69. The molecular weight excluding hydrogens is 166 g/mol. The van der Waals surface area contributed by atoms with Crippen molar-refractivity contribution in [2.45, 2.75) is 39.0 Å². The first-order chi connectivity index (χ1) is 6.24. The number of hydrogen-bond donors (Lipinski definition) is 1. The van der Waals surface area contributed by atoms with Gasteiger partial charge in [-0.1, -0.05) is 19.8 Å². The van der Waals surface area contributed by atoms with Gasteiger partial charge in [-0.15, -0.1) is 0 Å². The SMILES string of the molecule is CCCC(CCN)CCC(=O)OC. The van der Waals surface area contributed by atoms with E-state index in [0.29, 0.717) is 18.9 Å². The molecule has 0 fully saturated rings. The largest absolute Gasteiger partial charge is 0.469 e. The summed E-state index contributed by atoms with van der Waals surface area (Å²) in [5, 5.41) is 0. The maximum Gasteiger partial charge on any atom is 0.305 e. The van der Waals surface area contributed by atoms with Crippen LogP contribution in [0, 0.1) is 5.92 Å². The van der Waals surface area contributed by atoms with E-state index in [0.717, 1.165) is 25.7 Å². The molecule has 0 aliphatic carbocycles. The Balaban J connectivity index is 3.61. The first kappa shape index (κ1) is 12.4. The minimum absolute atomic E-state index is 0.113. The monoisotopic (exact) mass is 187 g/mol. The Morgan fingerprint density at radius 2 is 2.08 bits per heavy atom. The van der Waals surface area contributed by atoms with Gasteiger partial charge in [0.15, 0.2) is 0 Å². The molecule has 0 aromatic heterocycles. The zero-order chi connectivity index (χ0) is 10.1. The third kappa shape index (κ3) is 6.58. The van der Waals surface area contributed by atoms with Gasteiger partial charge < -0.3 is 10.5 Å². The third-order valence-corrected chi connectivity index (χ3v) is 2.26. The van der Waals surface area contributed by atoms with Crippen molar-refractivity contribution in [3.8, 4) is 0 Å². The van der Waals surface area contributed by atoms with Crippen LogP contribution in [0.1, 0.15) is 39.0 Å². The summed E-state index contributed by atoms with van der Waals surface area (Å²) < 4.78 is 4.59. The van der Waals surface area contributed by atoms with Gasteiger partial charge in [-0.25, -0.2) is 0 Å². The first-order valence-electron chi connectivity index (χ1n) is 5.01. The normalized spacial score (nSPS) is 12.5. The summed E-state index contributed by atoms with van der Waals surface area (Å²) in [5.74, 6) is 0.479. The quantitative estimate of drug-likeness (QED) is 0.617. The Bertz CT molecular complexity index is 131. The highest BCUT2D eigenvalue weighted by Crippen LogP contribution is 2.16. The molecule has 2 N–H and O–H groups in total. The molecule has 0 saturated heterocycles. The lowest BCUT2D eigenvalue weighted by Gasteiger charge is -2.13. The minimum atomic E-state index is -0.113. The summed E-state index contributed by atoms with van der Waals surface area (Å²) >= 11 is 0. The van der Waals surface area contributed by atoms with Gasteiger partial charge in [-0.05, 0) is 25.3 Å². The molecule has 3 nitrogen and oxygen atoms in total. The molecule has 0 heterocycles. The van der Waals surface area contributed by atoms with Crippen molar-refractivity contribution in [3.05, 3.63) is 0 Å². The topological polar surface area (TPSA) is 52.3 Å². The van der Waals surface area contributed by atoms with Crippen LogP contribution >= 0.6 is 0 Å². The van der Waals surface area contributed by atoms with E-state index in [9.17, 15) is 4.79 Å². The molecule has 0 aromatic carbocycles. The lowest BCUT2D eigenvalue weighted by molar-refractivity contribution is -0.140. The van der Waals surface area contributed by atoms with Crippen molar-refractivity contribution in [1.82, 2.24) is 0 Å². The maximum atomic E-state index is 10.9. The third-order valence-electron chi connectivity index (χ3n) is 2.26. The van der Waals surface area contributed by atoms with Crippen LogP contribution in [-0.4, -0.2) is 19.6 Å². The fourth-order valence-electron chi connectivity index (χ4n) is 1.50. The molecule has 0 aliphatic heterocycles. The van der Waals surface area contributed by atoms with Gasteiger partial charge in [0, 0.05) is 6.42 Å². The van der Waals surface area contributed by atoms with Gasteiger partial charge in [-0.2, -0.15) is 0 Å². The van der Waals surface area contributed by atoms with Gasteiger partial charge in [-0.3, -0.25) is 4.79 Å². The van der Waals surface area contributed by atoms with Crippen LogP contribution in [0.25, 0.3) is 0 Å². The molecule has 1 atom stereocenters. The van der Waals surface area contributed by atoms with Gasteiger partial charge in [0.05, 0.1) is 7.11 Å². The number of carbonyl (C=O) groups is 1. The Hall–Kier alpha value is -0.570. The second kappa shape index (κ2) is 8.05. The number of nitrogens with two attached hydrogens (primary N) is 1. The molecule has 0 aromatic rings. The molecule has 1 unspecified atom stereocenters. The fraction of sp³-hybridized carbons (Fsp3) is 0.900. The summed E-state index contributed by atoms with van der Waals surface area (Å²) in [6.07, 6.45) is 4.78. The molecule has 0 radical (unpaired) electrons. The number of esters is 1. The zero-order valence-corrected chi connectivity index (χ0v) is 8.71. The van der Waals surface area contributed by atoms with Crippen molar-refractivity contribution < 1.29 is 9.53 Å². The van der Waals surface area contributed by atoms with E-state index in [-0.39, 0.29) is 5.97 Å². The Labute approximate surface area is 80.6 Å². The average molecular weight is 187 g/mol. The molecule has 0 bridgehead atoms. The van der Waals surface area contributed by atoms with E-state index in [1.807, 2.05) is 0 Å². The Morgan fingerprint density at radius 3 is 2.54 bits per heavy atom. The summed E-state index contributed by atoms with van der Waals surface area (Å²) in [7, 11) is 1.43. The number of carbonyl (C=O) groups excluding carboxylic acids is 1. The molecular formula is C10H21NO2. The van der Waals surface area contributed by atoms with Crippen LogP contribution in [0.15, 0.2) is 0 Å². The van der Waals surface area contributed by atoms with Crippen molar-refractivity contribution in [1.29, 1.82) is 0 Å². The molecule has 0 aliphatic rings. The zero-order valence-electron chi connectivity index (χ0n) is 8.71. The molecule has 3 heteroatoms. The summed E-state index contributed by atoms with van der Waals surface area (Å²) in [6.45, 7) is 2.87. The smallest absolute Gasteiger partial charge is 0.305 e. The van der Waals surface area contributed by atoms with Crippen LogP contribution in [0.2, 0.25) is 0 Å². The molecule has 0 amide bonds. The van der Waals surface area contributed by atoms with E-state index in [1.165, 1.54) is 7.11 Å². The number of methoxy groups -OCH3 is 1. The number of ether oxygens (including phenoxy) is 1. The Kier molecular flexibility index (Phi) is 7.69. The van der Waals surface area contributed by atoms with Crippen LogP contribution in [0.5, 0.6) is 0 Å². The second-order valence-electron chi connectivity index (χ2n) is 3.35. The lowest BCUT2D eigenvalue weighted by Crippen LogP contribution is -2.11. The Morgan fingerprint density at radius 1 is 1.38 bits per heavy atom. The summed E-state index contributed by atoms with van der Waals surface area (Å²) in [5.41, 5.74) is 5.48. The predicted molar refractivity (Wildman–Crippen MR) is 53.3 cm³/mol. The minimum Gasteiger partial charge on any atom is -0.469 e. The molecule has 0 saturated carbocycles. The highest BCUT2D eigenvalue weighted by Gasteiger charge is 2.09. The van der Waals surface area contributed by atoms with E-state index >= 15 is 0 Å². The molecule has 78 valence electrons. The van der Waals surface area contributed by atoms with Gasteiger partial charge in [0.25, 0.3) is 0 Å². The van der Waals surface area contributed by atoms with Crippen LogP contribution in [0.3, 0.4) is 0 Å². The number of hydrogen-bond acceptors (Lipinski definition) is 3. The van der Waals surface area contributed by atoms with Crippen molar-refractivity contribution in [2.24, 2.45) is 11.7 Å². The van der Waals surface area contributed by atoms with E-state index in [4.69, 9.17) is 5.73 Å². The predicted octanol–water partition coefficient (Wildman–Crippen LogP) is 1.70. The number of rotatable bonds is 7. The molecule has 0 rings (SSSR count). The highest BCUT2D eigenvalue weighted by atomic mass is 16.5. The summed E-state index contributed by atoms with van der Waals surface area (Å²) in [4.78, 5) is 10.9. The van der Waals surface area contributed by atoms with Crippen molar-refractivity contribution in [2.75, 3.05) is 13.7 Å².